The Morgan fingerprint density at radius 2 is 1.91 bits per heavy atom. The third kappa shape index (κ3) is 3.38. The van der Waals surface area contributed by atoms with E-state index in [0.29, 0.717) is 12.5 Å². The lowest BCUT2D eigenvalue weighted by Gasteiger charge is -2.19. The van der Waals surface area contributed by atoms with Crippen LogP contribution in [0.3, 0.4) is 0 Å². The van der Waals surface area contributed by atoms with E-state index in [4.69, 9.17) is 4.74 Å². The Kier molecular flexibility index (Phi) is 4.88. The minimum absolute atomic E-state index is 0.497. The molecule has 0 spiro atoms. The van der Waals surface area contributed by atoms with Crippen LogP contribution >= 0.6 is 0 Å². The van der Waals surface area contributed by atoms with E-state index >= 15 is 0 Å². The quantitative estimate of drug-likeness (QED) is 0.868. The van der Waals surface area contributed by atoms with E-state index in [1.54, 1.807) is 7.11 Å². The summed E-state index contributed by atoms with van der Waals surface area (Å²) in [5.74, 6) is 0.497. The van der Waals surface area contributed by atoms with Gasteiger partial charge in [-0.3, -0.25) is 4.68 Å². The first-order valence-electron chi connectivity index (χ1n) is 8.23. The number of hydrogen-bond acceptors (Lipinski definition) is 3. The van der Waals surface area contributed by atoms with Crippen LogP contribution in [0.2, 0.25) is 0 Å². The molecule has 1 heterocycles. The highest BCUT2D eigenvalue weighted by molar-refractivity contribution is 5.26. The molecule has 1 aromatic heterocycles. The molecule has 1 aromatic carbocycles. The molecule has 3 rings (SSSR count). The summed E-state index contributed by atoms with van der Waals surface area (Å²) in [5.41, 5.74) is 5.16. The van der Waals surface area contributed by atoms with E-state index in [0.717, 1.165) is 12.8 Å². The van der Waals surface area contributed by atoms with Gasteiger partial charge in [0, 0.05) is 20.1 Å². The smallest absolute Gasteiger partial charge is 0.0893 e. The number of aryl methyl sites for hydroxylation is 1. The fourth-order valence-electron chi connectivity index (χ4n) is 3.42. The van der Waals surface area contributed by atoms with Gasteiger partial charge in [-0.05, 0) is 36.8 Å². The van der Waals surface area contributed by atoms with Gasteiger partial charge in [-0.2, -0.15) is 0 Å². The van der Waals surface area contributed by atoms with Crippen molar-refractivity contribution in [1.29, 1.82) is 0 Å². The molecule has 0 amide bonds. The number of hydrogen-bond donors (Lipinski definition) is 0. The van der Waals surface area contributed by atoms with Gasteiger partial charge in [0.25, 0.3) is 0 Å². The van der Waals surface area contributed by atoms with Crippen LogP contribution in [0.25, 0.3) is 0 Å². The molecular formula is C18H25N3O. The number of methoxy groups -OCH3 is 1. The molecular weight excluding hydrogens is 274 g/mol. The van der Waals surface area contributed by atoms with E-state index in [1.165, 1.54) is 48.2 Å². The van der Waals surface area contributed by atoms with E-state index < -0.39 is 0 Å². The molecule has 0 saturated carbocycles. The number of fused-ring (bicyclic) bond motifs is 1. The van der Waals surface area contributed by atoms with Crippen LogP contribution in [0.1, 0.15) is 54.1 Å². The monoisotopic (exact) mass is 299 g/mol. The molecule has 1 unspecified atom stereocenters. The number of nitrogens with zero attached hydrogens (tertiary/aromatic N) is 3. The summed E-state index contributed by atoms with van der Waals surface area (Å²) in [6, 6.07) is 8.78. The molecule has 4 nitrogen and oxygen atoms in total. The summed E-state index contributed by atoms with van der Waals surface area (Å²) in [4.78, 5) is 0. The largest absolute Gasteiger partial charge is 0.380 e. The van der Waals surface area contributed by atoms with Gasteiger partial charge in [0.05, 0.1) is 18.0 Å². The van der Waals surface area contributed by atoms with Crippen LogP contribution in [0, 0.1) is 0 Å². The Bertz CT molecular complexity index is 603. The molecule has 0 saturated heterocycles. The summed E-state index contributed by atoms with van der Waals surface area (Å²) in [6.45, 7) is 0.679. The number of rotatable bonds is 4. The summed E-state index contributed by atoms with van der Waals surface area (Å²) in [5, 5.41) is 8.74. The van der Waals surface area contributed by atoms with Crippen molar-refractivity contribution >= 4 is 0 Å². The molecule has 0 aliphatic heterocycles. The van der Waals surface area contributed by atoms with Crippen LogP contribution in [-0.2, 0) is 31.2 Å². The Balaban J connectivity index is 1.78. The van der Waals surface area contributed by atoms with Crippen molar-refractivity contribution in [1.82, 2.24) is 15.0 Å². The highest BCUT2D eigenvalue weighted by Crippen LogP contribution is 2.30. The first-order valence-corrected chi connectivity index (χ1v) is 8.23. The van der Waals surface area contributed by atoms with Gasteiger partial charge in [-0.25, -0.2) is 0 Å². The second-order valence-corrected chi connectivity index (χ2v) is 6.29. The number of aromatic nitrogens is 3. The van der Waals surface area contributed by atoms with Gasteiger partial charge in [-0.1, -0.05) is 42.3 Å². The molecule has 4 heteroatoms. The average Bonchev–Trinajstić information content (AvgIpc) is 2.86. The maximum atomic E-state index is 5.18. The second-order valence-electron chi connectivity index (χ2n) is 6.29. The third-order valence-electron chi connectivity index (χ3n) is 4.64. The van der Waals surface area contributed by atoms with E-state index in [2.05, 4.69) is 34.6 Å². The molecule has 1 aliphatic carbocycles. The van der Waals surface area contributed by atoms with Crippen LogP contribution in [0.15, 0.2) is 24.3 Å². The van der Waals surface area contributed by atoms with E-state index in [9.17, 15) is 0 Å². The van der Waals surface area contributed by atoms with Gasteiger partial charge in [0.15, 0.2) is 0 Å². The second kappa shape index (κ2) is 7.05. The Labute approximate surface area is 132 Å². The van der Waals surface area contributed by atoms with Crippen LogP contribution < -0.4 is 0 Å². The summed E-state index contributed by atoms with van der Waals surface area (Å²) in [7, 11) is 3.75. The molecule has 22 heavy (non-hydrogen) atoms. The predicted molar refractivity (Wildman–Crippen MR) is 86.8 cm³/mol. The fourth-order valence-corrected chi connectivity index (χ4v) is 3.42. The minimum Gasteiger partial charge on any atom is -0.380 e. The molecule has 0 bridgehead atoms. The normalized spacial score (nSPS) is 18.5. The molecule has 2 aromatic rings. The van der Waals surface area contributed by atoms with Gasteiger partial charge < -0.3 is 4.74 Å². The molecule has 1 atom stereocenters. The van der Waals surface area contributed by atoms with Gasteiger partial charge >= 0.3 is 0 Å². The molecule has 118 valence electrons. The van der Waals surface area contributed by atoms with E-state index in [1.807, 2.05) is 11.7 Å². The summed E-state index contributed by atoms with van der Waals surface area (Å²) < 4.78 is 7.14. The van der Waals surface area contributed by atoms with Crippen molar-refractivity contribution in [3.8, 4) is 0 Å². The number of ether oxygens (including phenoxy) is 1. The zero-order valence-corrected chi connectivity index (χ0v) is 13.6. The first-order chi connectivity index (χ1) is 10.8. The number of benzene rings is 1. The Hall–Kier alpha value is -1.68. The predicted octanol–water partition coefficient (Wildman–Crippen LogP) is 3.40. The summed E-state index contributed by atoms with van der Waals surface area (Å²) >= 11 is 0. The zero-order chi connectivity index (χ0) is 15.4. The maximum Gasteiger partial charge on any atom is 0.0893 e. The lowest BCUT2D eigenvalue weighted by Crippen LogP contribution is -2.11. The van der Waals surface area contributed by atoms with Gasteiger partial charge in [-0.15, -0.1) is 5.10 Å². The third-order valence-corrected chi connectivity index (χ3v) is 4.64. The Morgan fingerprint density at radius 1 is 1.14 bits per heavy atom. The average molecular weight is 299 g/mol. The molecule has 0 fully saturated rings. The SMILES string of the molecule is COCc1ccc(CC2CCCCCc3c2nnn3C)cc1. The minimum atomic E-state index is 0.497. The molecule has 1 aliphatic rings. The van der Waals surface area contributed by atoms with Crippen LogP contribution in [-0.4, -0.2) is 22.1 Å². The Morgan fingerprint density at radius 3 is 2.68 bits per heavy atom. The van der Waals surface area contributed by atoms with E-state index in [-0.39, 0.29) is 0 Å². The van der Waals surface area contributed by atoms with Crippen LogP contribution in [0.4, 0.5) is 0 Å². The highest BCUT2D eigenvalue weighted by atomic mass is 16.5. The maximum absolute atomic E-state index is 5.18. The standard InChI is InChI=1S/C18H25N3O/c1-21-17-7-5-3-4-6-16(18(17)19-20-21)12-14-8-10-15(11-9-14)13-22-2/h8-11,16H,3-7,12-13H2,1-2H3. The lowest BCUT2D eigenvalue weighted by atomic mass is 9.87. The zero-order valence-electron chi connectivity index (χ0n) is 13.6. The van der Waals surface area contributed by atoms with Crippen molar-refractivity contribution in [3.63, 3.8) is 0 Å². The van der Waals surface area contributed by atoms with Crippen molar-refractivity contribution in [2.24, 2.45) is 7.05 Å². The van der Waals surface area contributed by atoms with Crippen molar-refractivity contribution in [2.75, 3.05) is 7.11 Å². The van der Waals surface area contributed by atoms with Gasteiger partial charge in [0.1, 0.15) is 0 Å². The fraction of sp³-hybridized carbons (Fsp3) is 0.556. The molecule has 0 N–H and O–H groups in total. The van der Waals surface area contributed by atoms with Crippen molar-refractivity contribution in [3.05, 3.63) is 46.8 Å². The molecule has 0 radical (unpaired) electrons. The lowest BCUT2D eigenvalue weighted by molar-refractivity contribution is 0.185. The van der Waals surface area contributed by atoms with Crippen LogP contribution in [0.5, 0.6) is 0 Å². The van der Waals surface area contributed by atoms with Crippen molar-refractivity contribution in [2.45, 2.75) is 51.0 Å². The highest BCUT2D eigenvalue weighted by Gasteiger charge is 2.22. The van der Waals surface area contributed by atoms with Crippen molar-refractivity contribution < 1.29 is 4.74 Å². The summed E-state index contributed by atoms with van der Waals surface area (Å²) in [6.07, 6.45) is 7.25. The first kappa shape index (κ1) is 15.2. The van der Waals surface area contributed by atoms with Gasteiger partial charge in [0.2, 0.25) is 0 Å². The topological polar surface area (TPSA) is 39.9 Å².